The Bertz CT molecular complexity index is 93.3. The zero-order valence-electron chi connectivity index (χ0n) is 7.44. The van der Waals surface area contributed by atoms with Crippen LogP contribution in [0.2, 0.25) is 0 Å². The average Bonchev–Trinajstić information content (AvgIpc) is 1.88. The molecular weight excluding hydrogens is 126 g/mol. The van der Waals surface area contributed by atoms with Crippen LogP contribution in [0.1, 0.15) is 34.1 Å². The molecule has 2 N–H and O–H groups in total. The molecule has 62 valence electrons. The Balaban J connectivity index is 3.94. The van der Waals surface area contributed by atoms with Gasteiger partial charge in [0.2, 0.25) is 0 Å². The van der Waals surface area contributed by atoms with Crippen LogP contribution in [0.15, 0.2) is 0 Å². The van der Waals surface area contributed by atoms with Crippen LogP contribution >= 0.6 is 0 Å². The summed E-state index contributed by atoms with van der Waals surface area (Å²) in [5, 5.41) is 12.6. The number of hydrogen-bond donors (Lipinski definition) is 2. The molecule has 0 aliphatic heterocycles. The van der Waals surface area contributed by atoms with Gasteiger partial charge in [-0.3, -0.25) is 0 Å². The predicted octanol–water partition coefficient (Wildman–Crippen LogP) is 1.15. The highest BCUT2D eigenvalue weighted by Gasteiger charge is 2.25. The van der Waals surface area contributed by atoms with Crippen LogP contribution in [0, 0.1) is 0 Å². The van der Waals surface area contributed by atoms with Gasteiger partial charge in [0.25, 0.3) is 0 Å². The molecule has 2 atom stereocenters. The van der Waals surface area contributed by atoms with E-state index >= 15 is 0 Å². The fourth-order valence-electron chi connectivity index (χ4n) is 0.972. The van der Waals surface area contributed by atoms with Crippen molar-refractivity contribution in [2.45, 2.75) is 45.8 Å². The molecule has 0 aliphatic carbocycles. The fraction of sp³-hybridized carbons (Fsp3) is 1.00. The first-order valence-corrected chi connectivity index (χ1v) is 4.00. The quantitative estimate of drug-likeness (QED) is 0.622. The standard InChI is InChI=1S/C8H19NO/c1-5-8(4,7(3)10)9-6-2/h7,9-10H,5-6H2,1-4H3. The second-order valence-electron chi connectivity index (χ2n) is 2.98. The molecule has 0 aromatic heterocycles. The normalized spacial score (nSPS) is 20.1. The van der Waals surface area contributed by atoms with Crippen molar-refractivity contribution in [3.05, 3.63) is 0 Å². The molecule has 0 bridgehead atoms. The van der Waals surface area contributed by atoms with Gasteiger partial charge in [0.05, 0.1) is 6.10 Å². The topological polar surface area (TPSA) is 32.3 Å². The molecule has 0 spiro atoms. The predicted molar refractivity (Wildman–Crippen MR) is 44.1 cm³/mol. The smallest absolute Gasteiger partial charge is 0.0690 e. The van der Waals surface area contributed by atoms with E-state index in [2.05, 4.69) is 19.2 Å². The first-order chi connectivity index (χ1) is 4.56. The van der Waals surface area contributed by atoms with Crippen molar-refractivity contribution in [2.24, 2.45) is 0 Å². The lowest BCUT2D eigenvalue weighted by Crippen LogP contribution is -2.50. The van der Waals surface area contributed by atoms with E-state index in [9.17, 15) is 5.11 Å². The minimum absolute atomic E-state index is 0.102. The molecule has 0 aromatic carbocycles. The van der Waals surface area contributed by atoms with Crippen LogP contribution in [0.25, 0.3) is 0 Å². The summed E-state index contributed by atoms with van der Waals surface area (Å²) in [5.41, 5.74) is -0.102. The first kappa shape index (κ1) is 9.92. The van der Waals surface area contributed by atoms with Gasteiger partial charge in [0.1, 0.15) is 0 Å². The van der Waals surface area contributed by atoms with Gasteiger partial charge in [0, 0.05) is 5.54 Å². The highest BCUT2D eigenvalue weighted by atomic mass is 16.3. The van der Waals surface area contributed by atoms with Crippen molar-refractivity contribution in [3.63, 3.8) is 0 Å². The van der Waals surface area contributed by atoms with E-state index < -0.39 is 0 Å². The van der Waals surface area contributed by atoms with E-state index in [1.54, 1.807) is 0 Å². The van der Waals surface area contributed by atoms with E-state index in [4.69, 9.17) is 0 Å². The number of nitrogens with one attached hydrogen (secondary N) is 1. The monoisotopic (exact) mass is 145 g/mol. The molecule has 0 amide bonds. The zero-order chi connectivity index (χ0) is 8.20. The van der Waals surface area contributed by atoms with E-state index in [1.165, 1.54) is 0 Å². The molecule has 0 saturated heterocycles. The first-order valence-electron chi connectivity index (χ1n) is 4.00. The fourth-order valence-corrected chi connectivity index (χ4v) is 0.972. The second-order valence-corrected chi connectivity index (χ2v) is 2.98. The molecule has 0 rings (SSSR count). The highest BCUT2D eigenvalue weighted by molar-refractivity contribution is 4.85. The summed E-state index contributed by atoms with van der Waals surface area (Å²) in [7, 11) is 0. The number of likely N-dealkylation sites (N-methyl/N-ethyl adjacent to an activating group) is 1. The lowest BCUT2D eigenvalue weighted by Gasteiger charge is -2.32. The van der Waals surface area contributed by atoms with Crippen molar-refractivity contribution in [1.82, 2.24) is 5.32 Å². The minimum atomic E-state index is -0.280. The number of rotatable bonds is 4. The van der Waals surface area contributed by atoms with Crippen molar-refractivity contribution < 1.29 is 5.11 Å². The van der Waals surface area contributed by atoms with Crippen LogP contribution in [0.4, 0.5) is 0 Å². The summed E-state index contributed by atoms with van der Waals surface area (Å²) < 4.78 is 0. The van der Waals surface area contributed by atoms with E-state index in [1.807, 2.05) is 13.8 Å². The maximum absolute atomic E-state index is 9.34. The second kappa shape index (κ2) is 3.94. The molecular formula is C8H19NO. The van der Waals surface area contributed by atoms with Gasteiger partial charge in [-0.25, -0.2) is 0 Å². The molecule has 0 radical (unpaired) electrons. The summed E-state index contributed by atoms with van der Waals surface area (Å²) in [6, 6.07) is 0. The van der Waals surface area contributed by atoms with Gasteiger partial charge in [0.15, 0.2) is 0 Å². The largest absolute Gasteiger partial charge is 0.392 e. The van der Waals surface area contributed by atoms with E-state index in [0.29, 0.717) is 0 Å². The highest BCUT2D eigenvalue weighted by Crippen LogP contribution is 2.13. The molecule has 10 heavy (non-hydrogen) atoms. The van der Waals surface area contributed by atoms with Gasteiger partial charge >= 0.3 is 0 Å². The maximum atomic E-state index is 9.34. The van der Waals surface area contributed by atoms with Gasteiger partial charge in [-0.1, -0.05) is 13.8 Å². The maximum Gasteiger partial charge on any atom is 0.0690 e. The zero-order valence-corrected chi connectivity index (χ0v) is 7.44. The molecule has 0 saturated carbocycles. The lowest BCUT2D eigenvalue weighted by atomic mass is 9.93. The summed E-state index contributed by atoms with van der Waals surface area (Å²) in [6.45, 7) is 8.91. The molecule has 0 aliphatic rings. The Hall–Kier alpha value is -0.0800. The van der Waals surface area contributed by atoms with Crippen LogP contribution in [0.3, 0.4) is 0 Å². The lowest BCUT2D eigenvalue weighted by molar-refractivity contribution is 0.0838. The molecule has 0 aromatic rings. The molecule has 0 fully saturated rings. The van der Waals surface area contributed by atoms with Crippen molar-refractivity contribution in [1.29, 1.82) is 0 Å². The average molecular weight is 145 g/mol. The van der Waals surface area contributed by atoms with Crippen LogP contribution in [0.5, 0.6) is 0 Å². The third kappa shape index (κ3) is 2.27. The minimum Gasteiger partial charge on any atom is -0.392 e. The Morgan fingerprint density at radius 3 is 2.10 bits per heavy atom. The Morgan fingerprint density at radius 1 is 1.50 bits per heavy atom. The van der Waals surface area contributed by atoms with Gasteiger partial charge < -0.3 is 10.4 Å². The molecule has 2 heteroatoms. The van der Waals surface area contributed by atoms with Crippen LogP contribution < -0.4 is 5.32 Å². The van der Waals surface area contributed by atoms with Crippen LogP contribution in [-0.4, -0.2) is 23.3 Å². The summed E-state index contributed by atoms with van der Waals surface area (Å²) in [6.07, 6.45) is 0.677. The van der Waals surface area contributed by atoms with Gasteiger partial charge in [-0.2, -0.15) is 0 Å². The van der Waals surface area contributed by atoms with Gasteiger partial charge in [-0.15, -0.1) is 0 Å². The van der Waals surface area contributed by atoms with E-state index in [-0.39, 0.29) is 11.6 Å². The summed E-state index contributed by atoms with van der Waals surface area (Å²) >= 11 is 0. The third-order valence-electron chi connectivity index (χ3n) is 2.24. The summed E-state index contributed by atoms with van der Waals surface area (Å²) in [5.74, 6) is 0. The van der Waals surface area contributed by atoms with E-state index in [0.717, 1.165) is 13.0 Å². The van der Waals surface area contributed by atoms with Crippen LogP contribution in [-0.2, 0) is 0 Å². The molecule has 2 unspecified atom stereocenters. The number of hydrogen-bond acceptors (Lipinski definition) is 2. The Kier molecular flexibility index (Phi) is 3.91. The Labute approximate surface area is 63.6 Å². The summed E-state index contributed by atoms with van der Waals surface area (Å²) in [4.78, 5) is 0. The SMILES string of the molecule is CCNC(C)(CC)C(C)O. The van der Waals surface area contributed by atoms with Crippen molar-refractivity contribution >= 4 is 0 Å². The number of aliphatic hydroxyl groups is 1. The molecule has 2 nitrogen and oxygen atoms in total. The third-order valence-corrected chi connectivity index (χ3v) is 2.24. The van der Waals surface area contributed by atoms with Gasteiger partial charge in [-0.05, 0) is 26.8 Å². The van der Waals surface area contributed by atoms with Crippen molar-refractivity contribution in [2.75, 3.05) is 6.54 Å². The number of aliphatic hydroxyl groups excluding tert-OH is 1. The molecule has 0 heterocycles. The Morgan fingerprint density at radius 2 is 2.00 bits per heavy atom. The van der Waals surface area contributed by atoms with Crippen molar-refractivity contribution in [3.8, 4) is 0 Å².